The molecular formula is C25H30N6O4. The summed E-state index contributed by atoms with van der Waals surface area (Å²) in [4.78, 5) is 28.2. The number of aromatic nitrogens is 3. The van der Waals surface area contributed by atoms with Crippen molar-refractivity contribution in [1.82, 2.24) is 19.4 Å². The van der Waals surface area contributed by atoms with E-state index >= 15 is 0 Å². The molecule has 10 nitrogen and oxygen atoms in total. The molecule has 1 unspecified atom stereocenters. The monoisotopic (exact) mass is 478 g/mol. The van der Waals surface area contributed by atoms with Gasteiger partial charge in [0.05, 0.1) is 32.0 Å². The van der Waals surface area contributed by atoms with Crippen molar-refractivity contribution in [2.75, 3.05) is 51.8 Å². The average Bonchev–Trinajstić information content (AvgIpc) is 3.40. The molecule has 3 aromatic rings. The van der Waals surface area contributed by atoms with E-state index < -0.39 is 5.91 Å². The van der Waals surface area contributed by atoms with Crippen molar-refractivity contribution in [3.63, 3.8) is 0 Å². The van der Waals surface area contributed by atoms with Crippen LogP contribution in [-0.4, -0.2) is 77.9 Å². The van der Waals surface area contributed by atoms with Crippen LogP contribution in [-0.2, 0) is 11.3 Å². The number of rotatable bonds is 7. The predicted octanol–water partition coefficient (Wildman–Crippen LogP) is 2.10. The first kappa shape index (κ1) is 23.3. The lowest BCUT2D eigenvalue weighted by molar-refractivity contribution is -0.0351. The highest BCUT2D eigenvalue weighted by atomic mass is 16.5. The summed E-state index contributed by atoms with van der Waals surface area (Å²) in [5.74, 6) is 1.58. The van der Waals surface area contributed by atoms with E-state index in [2.05, 4.69) is 27.1 Å². The van der Waals surface area contributed by atoms with Crippen LogP contribution in [0.3, 0.4) is 0 Å². The molecular weight excluding hydrogens is 448 g/mol. The first-order chi connectivity index (χ1) is 17.2. The molecule has 2 aliphatic rings. The van der Waals surface area contributed by atoms with E-state index in [1.807, 2.05) is 16.7 Å². The van der Waals surface area contributed by atoms with Gasteiger partial charge < -0.3 is 19.5 Å². The van der Waals surface area contributed by atoms with Gasteiger partial charge in [-0.15, -0.1) is 0 Å². The van der Waals surface area contributed by atoms with Crippen LogP contribution in [0.15, 0.2) is 41.7 Å². The summed E-state index contributed by atoms with van der Waals surface area (Å²) in [6, 6.07) is 7.26. The minimum absolute atomic E-state index is 0.154. The molecule has 1 saturated heterocycles. The Kier molecular flexibility index (Phi) is 6.91. The van der Waals surface area contributed by atoms with Gasteiger partial charge in [0.15, 0.2) is 11.5 Å². The van der Waals surface area contributed by atoms with Crippen molar-refractivity contribution < 1.29 is 19.0 Å². The van der Waals surface area contributed by atoms with E-state index in [0.717, 1.165) is 50.4 Å². The number of nitrogens with zero attached hydrogens (tertiary/aromatic N) is 5. The minimum atomic E-state index is -0.397. The smallest absolute Gasteiger partial charge is 0.281 e. The topological polar surface area (TPSA) is 103 Å². The van der Waals surface area contributed by atoms with Gasteiger partial charge in [0.1, 0.15) is 11.3 Å². The van der Waals surface area contributed by atoms with Gasteiger partial charge in [0.25, 0.3) is 5.91 Å². The fourth-order valence-electron chi connectivity index (χ4n) is 4.53. The lowest BCUT2D eigenvalue weighted by Gasteiger charge is -2.32. The zero-order valence-corrected chi connectivity index (χ0v) is 20.1. The Hall–Kier alpha value is -3.50. The van der Waals surface area contributed by atoms with Gasteiger partial charge in [-0.1, -0.05) is 6.92 Å². The fraction of sp³-hybridized carbons (Fsp3) is 0.440. The Balaban J connectivity index is 1.45. The first-order valence-electron chi connectivity index (χ1n) is 12.0. The summed E-state index contributed by atoms with van der Waals surface area (Å²) in [6.45, 7) is 7.72. The maximum absolute atomic E-state index is 12.8. The first-order valence-corrected chi connectivity index (χ1v) is 12.0. The molecule has 1 aromatic carbocycles. The second kappa shape index (κ2) is 10.4. The number of nitrogens with one attached hydrogen (secondary N) is 1. The molecule has 2 aromatic heterocycles. The number of ether oxygens (including phenoxy) is 3. The van der Waals surface area contributed by atoms with Gasteiger partial charge in [-0.2, -0.15) is 4.99 Å². The number of likely N-dealkylation sites (N-methyl/N-ethyl adjacent to an activating group) is 1. The summed E-state index contributed by atoms with van der Waals surface area (Å²) < 4.78 is 19.7. The van der Waals surface area contributed by atoms with Crippen molar-refractivity contribution in [3.8, 4) is 11.5 Å². The number of anilines is 1. The largest absolute Gasteiger partial charge is 0.491 e. The van der Waals surface area contributed by atoms with E-state index in [1.54, 1.807) is 25.4 Å². The molecule has 0 radical (unpaired) electrons. The van der Waals surface area contributed by atoms with Gasteiger partial charge >= 0.3 is 0 Å². The second-order valence-corrected chi connectivity index (χ2v) is 8.51. The molecule has 0 aliphatic carbocycles. The van der Waals surface area contributed by atoms with Crippen LogP contribution in [0.1, 0.15) is 23.7 Å². The van der Waals surface area contributed by atoms with Gasteiger partial charge in [-0.3, -0.25) is 19.2 Å². The Bertz CT molecular complexity index is 1280. The summed E-state index contributed by atoms with van der Waals surface area (Å²) in [5.41, 5.74) is 1.32. The third-order valence-electron chi connectivity index (χ3n) is 6.38. The third-order valence-corrected chi connectivity index (χ3v) is 6.38. The summed E-state index contributed by atoms with van der Waals surface area (Å²) in [5, 5.41) is 4.27. The Morgan fingerprint density at radius 2 is 2.23 bits per heavy atom. The molecule has 1 amide bonds. The van der Waals surface area contributed by atoms with Gasteiger partial charge in [-0.25, -0.2) is 4.98 Å². The minimum Gasteiger partial charge on any atom is -0.491 e. The normalized spacial score (nSPS) is 18.3. The molecule has 10 heteroatoms. The number of hydrogen-bond donors (Lipinski definition) is 1. The number of carbonyl (C=O) groups excluding carboxylic acids is 1. The van der Waals surface area contributed by atoms with Crippen molar-refractivity contribution >= 4 is 22.6 Å². The van der Waals surface area contributed by atoms with Crippen LogP contribution >= 0.6 is 0 Å². The summed E-state index contributed by atoms with van der Waals surface area (Å²) in [7, 11) is 1.60. The highest BCUT2D eigenvalue weighted by Gasteiger charge is 2.22. The number of morpholine rings is 1. The number of benzene rings is 1. The van der Waals surface area contributed by atoms with Crippen LogP contribution in [0.25, 0.3) is 10.9 Å². The Labute approximate surface area is 203 Å². The summed E-state index contributed by atoms with van der Waals surface area (Å²) in [6.07, 6.45) is 4.06. The number of amides is 1. The number of carbonyl (C=O) groups is 1. The molecule has 1 atom stereocenters. The quantitative estimate of drug-likeness (QED) is 0.551. The van der Waals surface area contributed by atoms with Crippen LogP contribution in [0, 0.1) is 0 Å². The molecule has 0 spiro atoms. The lowest BCUT2D eigenvalue weighted by atomic mass is 10.2. The van der Waals surface area contributed by atoms with Gasteiger partial charge in [-0.05, 0) is 30.8 Å². The Morgan fingerprint density at radius 3 is 3.03 bits per heavy atom. The van der Waals surface area contributed by atoms with Gasteiger partial charge in [0, 0.05) is 50.4 Å². The molecule has 0 bridgehead atoms. The molecule has 2 aliphatic heterocycles. The number of pyridine rings is 1. The molecule has 1 N–H and O–H groups in total. The van der Waals surface area contributed by atoms with E-state index in [1.165, 1.54) is 6.20 Å². The van der Waals surface area contributed by atoms with Crippen molar-refractivity contribution in [2.24, 2.45) is 4.99 Å². The molecule has 0 saturated carbocycles. The van der Waals surface area contributed by atoms with Crippen molar-refractivity contribution in [1.29, 1.82) is 0 Å². The zero-order valence-electron chi connectivity index (χ0n) is 20.1. The number of methoxy groups -OCH3 is 1. The highest BCUT2D eigenvalue weighted by Crippen LogP contribution is 2.37. The average molecular weight is 479 g/mol. The van der Waals surface area contributed by atoms with Crippen molar-refractivity contribution in [2.45, 2.75) is 26.0 Å². The number of hydrogen-bond acceptors (Lipinski definition) is 8. The van der Waals surface area contributed by atoms with E-state index in [0.29, 0.717) is 41.3 Å². The lowest BCUT2D eigenvalue weighted by Crippen LogP contribution is -2.42. The maximum Gasteiger partial charge on any atom is 0.281 e. The van der Waals surface area contributed by atoms with E-state index in [9.17, 15) is 4.79 Å². The summed E-state index contributed by atoms with van der Waals surface area (Å²) >= 11 is 0. The van der Waals surface area contributed by atoms with E-state index in [-0.39, 0.29) is 6.10 Å². The maximum atomic E-state index is 12.8. The molecule has 1 fully saturated rings. The predicted molar refractivity (Wildman–Crippen MR) is 131 cm³/mol. The molecule has 35 heavy (non-hydrogen) atoms. The Morgan fingerprint density at radius 1 is 1.31 bits per heavy atom. The van der Waals surface area contributed by atoms with Crippen LogP contribution in [0.5, 0.6) is 11.5 Å². The molecule has 5 rings (SSSR count). The van der Waals surface area contributed by atoms with Crippen molar-refractivity contribution in [3.05, 3.63) is 47.8 Å². The zero-order chi connectivity index (χ0) is 24.2. The molecule has 184 valence electrons. The SMILES string of the molecule is CCN1CCOC(CCOc2ccc3c4n(c(=NC(=O)c5cccnc5)nc3c2OC)CCN4)C1. The van der Waals surface area contributed by atoms with Crippen LogP contribution < -0.4 is 20.4 Å². The standard InChI is InChI=1S/C25H30N6O4/c1-3-30-12-14-34-18(16-30)8-13-35-20-7-6-19-21(22(20)33-2)28-25(31-11-10-27-23(19)31)29-24(32)17-5-4-9-26-15-17/h4-7,9,15,18,27H,3,8,10-14,16H2,1-2H3. The van der Waals surface area contributed by atoms with E-state index in [4.69, 9.17) is 19.2 Å². The number of fused-ring (bicyclic) bond motifs is 3. The fourth-order valence-corrected chi connectivity index (χ4v) is 4.53. The van der Waals surface area contributed by atoms with Crippen LogP contribution in [0.2, 0.25) is 0 Å². The highest BCUT2D eigenvalue weighted by molar-refractivity contribution is 5.96. The molecule has 4 heterocycles. The second-order valence-electron chi connectivity index (χ2n) is 8.51. The third kappa shape index (κ3) is 4.85. The van der Waals surface area contributed by atoms with Gasteiger partial charge in [0.2, 0.25) is 5.62 Å². The van der Waals surface area contributed by atoms with Crippen LogP contribution in [0.4, 0.5) is 5.82 Å².